The topological polar surface area (TPSA) is 90.9 Å². The third kappa shape index (κ3) is 8.69. The van der Waals surface area contributed by atoms with Crippen LogP contribution in [0.5, 0.6) is 0 Å². The molecule has 0 aromatic heterocycles. The predicted octanol–water partition coefficient (Wildman–Crippen LogP) is 5.48. The van der Waals surface area contributed by atoms with Gasteiger partial charge in [0.25, 0.3) is 5.91 Å². The maximum absolute atomic E-state index is 14.8. The summed E-state index contributed by atoms with van der Waals surface area (Å²) in [5.41, 5.74) is 1.22. The number of hydrogen-bond acceptors (Lipinski definition) is 4. The van der Waals surface area contributed by atoms with Crippen molar-refractivity contribution in [1.29, 1.82) is 0 Å². The number of hydrogen-bond donors (Lipinski definition) is 3. The van der Waals surface area contributed by atoms with E-state index in [1.54, 1.807) is 24.3 Å². The van der Waals surface area contributed by atoms with Crippen molar-refractivity contribution in [2.24, 2.45) is 5.92 Å². The highest BCUT2D eigenvalue weighted by Gasteiger charge is 2.22. The summed E-state index contributed by atoms with van der Waals surface area (Å²) < 4.78 is 20.8. The Morgan fingerprint density at radius 1 is 1.16 bits per heavy atom. The largest absolute Gasteiger partial charge is 0.465 e. The van der Waals surface area contributed by atoms with Gasteiger partial charge in [0.2, 0.25) is 0 Å². The maximum Gasteiger partial charge on any atom is 0.407 e. The van der Waals surface area contributed by atoms with E-state index in [1.807, 2.05) is 13.1 Å². The number of carbonyl (C=O) groups is 2. The van der Waals surface area contributed by atoms with Crippen LogP contribution in [0.15, 0.2) is 42.5 Å². The van der Waals surface area contributed by atoms with Crippen LogP contribution < -0.4 is 10.6 Å². The Kier molecular flexibility index (Phi) is 11.2. The summed E-state index contributed by atoms with van der Waals surface area (Å²) in [5, 5.41) is 15.8. The van der Waals surface area contributed by atoms with E-state index in [0.29, 0.717) is 28.6 Å². The van der Waals surface area contributed by atoms with Crippen LogP contribution in [0.3, 0.4) is 0 Å². The molecule has 202 valence electrons. The second-order valence-corrected chi connectivity index (χ2v) is 10.1. The minimum atomic E-state index is -1.06. The molecule has 2 aromatic carbocycles. The fraction of sp³-hybridized carbons (Fsp3) is 0.500. The number of amides is 2. The Labute approximate surface area is 223 Å². The Morgan fingerprint density at radius 3 is 2.57 bits per heavy atom. The maximum atomic E-state index is 14.8. The lowest BCUT2D eigenvalue weighted by molar-refractivity contribution is 0.0633. The third-order valence-electron chi connectivity index (χ3n) is 6.99. The summed E-state index contributed by atoms with van der Waals surface area (Å²) in [6.45, 7) is 0.655. The zero-order chi connectivity index (χ0) is 26.8. The molecule has 3 rings (SSSR count). The molecule has 3 N–H and O–H groups in total. The Bertz CT molecular complexity index is 1050. The minimum Gasteiger partial charge on any atom is -0.465 e. The molecule has 1 aliphatic rings. The predicted molar refractivity (Wildman–Crippen MR) is 143 cm³/mol. The van der Waals surface area contributed by atoms with Crippen molar-refractivity contribution in [1.82, 2.24) is 15.5 Å². The van der Waals surface area contributed by atoms with Gasteiger partial charge in [-0.3, -0.25) is 4.79 Å². The zero-order valence-electron chi connectivity index (χ0n) is 21.5. The molecule has 0 saturated heterocycles. The molecule has 1 unspecified atom stereocenters. The lowest BCUT2D eigenvalue weighted by atomic mass is 9.85. The van der Waals surface area contributed by atoms with Crippen LogP contribution in [-0.2, 0) is 4.74 Å². The van der Waals surface area contributed by atoms with E-state index in [-0.39, 0.29) is 24.8 Å². The van der Waals surface area contributed by atoms with Gasteiger partial charge >= 0.3 is 6.09 Å². The monoisotopic (exact) mass is 533 g/mol. The first-order chi connectivity index (χ1) is 17.8. The van der Waals surface area contributed by atoms with Gasteiger partial charge in [0.1, 0.15) is 11.9 Å². The highest BCUT2D eigenvalue weighted by Crippen LogP contribution is 2.30. The number of nitrogens with one attached hydrogen (secondary N) is 2. The van der Waals surface area contributed by atoms with Crippen molar-refractivity contribution in [3.63, 3.8) is 0 Å². The molecule has 2 amide bonds. The number of halogens is 2. The standard InChI is InChI=1S/C28H37ClFN3O4/c1-31-23(15-19-7-4-3-5-8-19)18-32-27(34)24-17-21(11-12-25(24)30)26(20-9-6-10-22(29)16-20)37-14-13-33(2)28(35)36/h6,9-12,16-17,19,23,26,31H,3-5,7-8,13-15,18H2,1-2H3,(H,32,34)(H,35,36)/t23-,26?/m1/s1. The highest BCUT2D eigenvalue weighted by molar-refractivity contribution is 6.30. The molecule has 0 radical (unpaired) electrons. The van der Waals surface area contributed by atoms with Gasteiger partial charge in [0.05, 0.1) is 12.2 Å². The van der Waals surface area contributed by atoms with Crippen LogP contribution in [-0.4, -0.2) is 61.8 Å². The van der Waals surface area contributed by atoms with Crippen molar-refractivity contribution in [3.8, 4) is 0 Å². The Hall–Kier alpha value is -2.68. The smallest absolute Gasteiger partial charge is 0.407 e. The molecule has 0 bridgehead atoms. The van der Waals surface area contributed by atoms with E-state index in [9.17, 15) is 14.0 Å². The first-order valence-electron chi connectivity index (χ1n) is 12.8. The molecule has 1 aliphatic carbocycles. The Balaban J connectivity index is 1.74. The van der Waals surface area contributed by atoms with E-state index in [0.717, 1.165) is 11.3 Å². The number of likely N-dealkylation sites (N-methyl/N-ethyl adjacent to an activating group) is 2. The first kappa shape index (κ1) is 28.9. The van der Waals surface area contributed by atoms with Crippen LogP contribution in [0.25, 0.3) is 0 Å². The average Bonchev–Trinajstić information content (AvgIpc) is 2.89. The van der Waals surface area contributed by atoms with Gasteiger partial charge in [-0.1, -0.05) is 61.9 Å². The van der Waals surface area contributed by atoms with Gasteiger partial charge in [-0.15, -0.1) is 0 Å². The summed E-state index contributed by atoms with van der Waals surface area (Å²) in [6.07, 6.45) is 5.50. The quantitative estimate of drug-likeness (QED) is 0.336. The van der Waals surface area contributed by atoms with Crippen LogP contribution >= 0.6 is 11.6 Å². The van der Waals surface area contributed by atoms with Crippen LogP contribution in [0.1, 0.15) is 66.1 Å². The van der Waals surface area contributed by atoms with Gasteiger partial charge in [-0.05, 0) is 54.8 Å². The van der Waals surface area contributed by atoms with E-state index in [2.05, 4.69) is 10.6 Å². The fourth-order valence-corrected chi connectivity index (χ4v) is 4.98. The van der Waals surface area contributed by atoms with Gasteiger partial charge in [-0.25, -0.2) is 9.18 Å². The number of ether oxygens (including phenoxy) is 1. The molecule has 9 heteroatoms. The van der Waals surface area contributed by atoms with Crippen molar-refractivity contribution in [3.05, 3.63) is 70.0 Å². The van der Waals surface area contributed by atoms with Gasteiger partial charge in [0.15, 0.2) is 0 Å². The molecule has 1 fully saturated rings. The van der Waals surface area contributed by atoms with E-state index >= 15 is 0 Å². The number of benzene rings is 2. The third-order valence-corrected chi connectivity index (χ3v) is 7.22. The van der Waals surface area contributed by atoms with Gasteiger partial charge in [-0.2, -0.15) is 0 Å². The summed E-state index contributed by atoms with van der Waals surface area (Å²) in [4.78, 5) is 25.2. The average molecular weight is 534 g/mol. The Morgan fingerprint density at radius 2 is 1.89 bits per heavy atom. The fourth-order valence-electron chi connectivity index (χ4n) is 4.78. The lowest BCUT2D eigenvalue weighted by Crippen LogP contribution is -2.40. The highest BCUT2D eigenvalue weighted by atomic mass is 35.5. The molecular formula is C28H37ClFN3O4. The van der Waals surface area contributed by atoms with Crippen molar-refractivity contribution >= 4 is 23.6 Å². The zero-order valence-corrected chi connectivity index (χ0v) is 22.3. The first-order valence-corrected chi connectivity index (χ1v) is 13.2. The molecule has 0 aliphatic heterocycles. The summed E-state index contributed by atoms with van der Waals surface area (Å²) in [5.74, 6) is -0.456. The number of carbonyl (C=O) groups excluding carboxylic acids is 1. The minimum absolute atomic E-state index is 0.0664. The number of rotatable bonds is 12. The summed E-state index contributed by atoms with van der Waals surface area (Å²) >= 11 is 6.19. The van der Waals surface area contributed by atoms with E-state index < -0.39 is 23.9 Å². The van der Waals surface area contributed by atoms with E-state index in [1.165, 1.54) is 51.3 Å². The number of carboxylic acid groups (broad SMARTS) is 1. The van der Waals surface area contributed by atoms with E-state index in [4.69, 9.17) is 21.4 Å². The van der Waals surface area contributed by atoms with Crippen LogP contribution in [0, 0.1) is 11.7 Å². The number of nitrogens with zero attached hydrogens (tertiary/aromatic N) is 1. The second kappa shape index (κ2) is 14.3. The summed E-state index contributed by atoms with van der Waals surface area (Å²) in [6, 6.07) is 11.5. The SMILES string of the molecule is CN[C@@H](CNC(=O)c1cc(C(OCCN(C)C(=O)O)c2cccc(Cl)c2)ccc1F)CC1CCCCC1. The molecule has 2 atom stereocenters. The molecule has 7 nitrogen and oxygen atoms in total. The second-order valence-electron chi connectivity index (χ2n) is 9.68. The lowest BCUT2D eigenvalue weighted by Gasteiger charge is -2.26. The summed E-state index contributed by atoms with van der Waals surface area (Å²) in [7, 11) is 3.34. The van der Waals surface area contributed by atoms with Crippen molar-refractivity contribution < 1.29 is 23.8 Å². The molecule has 0 spiro atoms. The van der Waals surface area contributed by atoms with Gasteiger partial charge in [0, 0.05) is 31.2 Å². The van der Waals surface area contributed by atoms with Crippen molar-refractivity contribution in [2.75, 3.05) is 33.8 Å². The molecular weight excluding hydrogens is 497 g/mol. The molecule has 0 heterocycles. The molecule has 2 aromatic rings. The van der Waals surface area contributed by atoms with Crippen molar-refractivity contribution in [2.45, 2.75) is 50.7 Å². The molecule has 37 heavy (non-hydrogen) atoms. The van der Waals surface area contributed by atoms with Crippen LogP contribution in [0.2, 0.25) is 5.02 Å². The van der Waals surface area contributed by atoms with Crippen LogP contribution in [0.4, 0.5) is 9.18 Å². The molecule has 1 saturated carbocycles. The van der Waals surface area contributed by atoms with Gasteiger partial charge < -0.3 is 25.4 Å². The normalized spacial score (nSPS) is 15.7.